The van der Waals surface area contributed by atoms with Crippen molar-refractivity contribution in [1.82, 2.24) is 25.1 Å². The van der Waals surface area contributed by atoms with Gasteiger partial charge in [0.1, 0.15) is 5.82 Å². The molecule has 0 unspecified atom stereocenters. The minimum Gasteiger partial charge on any atom is -0.340 e. The van der Waals surface area contributed by atoms with Crippen LogP contribution < -0.4 is 10.6 Å². The fourth-order valence-corrected chi connectivity index (χ4v) is 5.01. The third-order valence-corrected chi connectivity index (χ3v) is 7.52. The molecule has 0 fully saturated rings. The van der Waals surface area contributed by atoms with Crippen LogP contribution in [0.15, 0.2) is 88.8 Å². The largest absolute Gasteiger partial charge is 0.340 e. The van der Waals surface area contributed by atoms with Crippen molar-refractivity contribution in [3.63, 3.8) is 0 Å². The third kappa shape index (κ3) is 11.3. The lowest BCUT2D eigenvalue weighted by Crippen LogP contribution is -2.13. The van der Waals surface area contributed by atoms with Crippen LogP contribution in [0.25, 0.3) is 22.6 Å². The molecule has 0 atom stereocenters. The van der Waals surface area contributed by atoms with Crippen molar-refractivity contribution in [2.45, 2.75) is 32.2 Å². The second kappa shape index (κ2) is 18.7. The van der Waals surface area contributed by atoms with Gasteiger partial charge in [-0.15, -0.1) is 0 Å². The lowest BCUT2D eigenvalue weighted by molar-refractivity contribution is 0.396. The van der Waals surface area contributed by atoms with Crippen molar-refractivity contribution in [2.24, 2.45) is 9.98 Å². The molecule has 4 aromatic rings. The fraction of sp³-hybridized carbons (Fsp3) is 0.368. The zero-order chi connectivity index (χ0) is 32.6. The fourth-order valence-electron chi connectivity index (χ4n) is 5.01. The number of anilines is 2. The van der Waals surface area contributed by atoms with Crippen LogP contribution in [0, 0.1) is 0 Å². The predicted molar refractivity (Wildman–Crippen MR) is 196 cm³/mol. The standard InChI is InChI=1S/C38H50N8/c1-39-29-35-36(32-19-15-30(16-20-32)27-40-23-9-11-25-45(2)3)43-37(44-38(35)42-34-13-7-6-8-14-34)33-21-17-31(18-22-33)28-41-24-10-12-26-46(4)5/h6-8,13-22,27-28,39H,9-12,23-26,29H2,1-5H3,(H,42,43,44)/b40-27-,41-28+. The van der Waals surface area contributed by atoms with E-state index in [4.69, 9.17) is 9.97 Å². The average Bonchev–Trinajstić information content (AvgIpc) is 3.06. The first kappa shape index (κ1) is 34.6. The summed E-state index contributed by atoms with van der Waals surface area (Å²) in [6.07, 6.45) is 8.41. The molecule has 4 rings (SSSR count). The highest BCUT2D eigenvalue weighted by Crippen LogP contribution is 2.31. The van der Waals surface area contributed by atoms with Crippen LogP contribution in [-0.4, -0.2) is 93.6 Å². The minimum absolute atomic E-state index is 0.616. The van der Waals surface area contributed by atoms with E-state index in [1.165, 1.54) is 0 Å². The summed E-state index contributed by atoms with van der Waals surface area (Å²) in [4.78, 5) is 23.9. The molecular formula is C38H50N8. The Bertz CT molecular complexity index is 1510. The van der Waals surface area contributed by atoms with Gasteiger partial charge in [0.25, 0.3) is 0 Å². The second-order valence-electron chi connectivity index (χ2n) is 12.1. The number of benzene rings is 3. The Kier molecular flexibility index (Phi) is 14.0. The van der Waals surface area contributed by atoms with Crippen LogP contribution in [0.4, 0.5) is 11.5 Å². The molecule has 3 aromatic carbocycles. The summed E-state index contributed by atoms with van der Waals surface area (Å²) >= 11 is 0. The highest BCUT2D eigenvalue weighted by molar-refractivity contribution is 5.83. The van der Waals surface area contributed by atoms with Crippen molar-refractivity contribution in [3.05, 3.63) is 95.6 Å². The van der Waals surface area contributed by atoms with Gasteiger partial charge in [-0.25, -0.2) is 9.97 Å². The molecule has 242 valence electrons. The van der Waals surface area contributed by atoms with Crippen molar-refractivity contribution in [2.75, 3.05) is 66.7 Å². The van der Waals surface area contributed by atoms with Crippen molar-refractivity contribution in [1.29, 1.82) is 0 Å². The Morgan fingerprint density at radius 2 is 1.20 bits per heavy atom. The van der Waals surface area contributed by atoms with Crippen LogP contribution in [0.3, 0.4) is 0 Å². The Morgan fingerprint density at radius 3 is 1.72 bits per heavy atom. The minimum atomic E-state index is 0.616. The van der Waals surface area contributed by atoms with Crippen LogP contribution >= 0.6 is 0 Å². The summed E-state index contributed by atoms with van der Waals surface area (Å²) in [6, 6.07) is 27.0. The molecule has 0 aliphatic heterocycles. The van der Waals surface area contributed by atoms with Crippen LogP contribution in [0.5, 0.6) is 0 Å². The molecule has 0 amide bonds. The summed E-state index contributed by atoms with van der Waals surface area (Å²) in [5.74, 6) is 1.45. The quantitative estimate of drug-likeness (QED) is 0.0944. The molecule has 0 saturated carbocycles. The van der Waals surface area contributed by atoms with Gasteiger partial charge in [-0.05, 0) is 97.3 Å². The molecule has 0 radical (unpaired) electrons. The number of hydrogen-bond acceptors (Lipinski definition) is 8. The van der Waals surface area contributed by atoms with Crippen LogP contribution in [0.2, 0.25) is 0 Å². The number of aliphatic imine (C=N–C) groups is 2. The monoisotopic (exact) mass is 618 g/mol. The maximum Gasteiger partial charge on any atom is 0.162 e. The smallest absolute Gasteiger partial charge is 0.162 e. The van der Waals surface area contributed by atoms with E-state index in [0.717, 1.165) is 96.9 Å². The van der Waals surface area contributed by atoms with Gasteiger partial charge in [0.15, 0.2) is 5.82 Å². The van der Waals surface area contributed by atoms with Crippen molar-refractivity contribution < 1.29 is 0 Å². The first-order valence-corrected chi connectivity index (χ1v) is 16.3. The van der Waals surface area contributed by atoms with Gasteiger partial charge in [-0.2, -0.15) is 0 Å². The molecule has 0 bridgehead atoms. The van der Waals surface area contributed by atoms with Gasteiger partial charge in [-0.1, -0.05) is 66.7 Å². The molecule has 0 saturated heterocycles. The summed E-state index contributed by atoms with van der Waals surface area (Å²) < 4.78 is 0. The molecule has 1 aromatic heterocycles. The Morgan fingerprint density at radius 1 is 0.652 bits per heavy atom. The molecular weight excluding hydrogens is 568 g/mol. The molecule has 1 heterocycles. The predicted octanol–water partition coefficient (Wildman–Crippen LogP) is 6.80. The molecule has 0 aliphatic rings. The van der Waals surface area contributed by atoms with Crippen molar-refractivity contribution in [3.8, 4) is 22.6 Å². The summed E-state index contributed by atoms with van der Waals surface area (Å²) in [6.45, 7) is 4.48. The summed E-state index contributed by atoms with van der Waals surface area (Å²) in [7, 11) is 10.4. The van der Waals surface area contributed by atoms with Crippen LogP contribution in [-0.2, 0) is 6.54 Å². The molecule has 8 nitrogen and oxygen atoms in total. The number of para-hydroxylation sites is 1. The Labute approximate surface area is 275 Å². The number of nitrogens with zero attached hydrogens (tertiary/aromatic N) is 6. The van der Waals surface area contributed by atoms with E-state index in [0.29, 0.717) is 12.4 Å². The molecule has 2 N–H and O–H groups in total. The number of unbranched alkanes of at least 4 members (excludes halogenated alkanes) is 2. The second-order valence-corrected chi connectivity index (χ2v) is 12.1. The van der Waals surface area contributed by atoms with E-state index in [1.54, 1.807) is 0 Å². The molecule has 46 heavy (non-hydrogen) atoms. The van der Waals surface area contributed by atoms with E-state index in [9.17, 15) is 0 Å². The van der Waals surface area contributed by atoms with E-state index in [-0.39, 0.29) is 0 Å². The van der Waals surface area contributed by atoms with Gasteiger partial charge in [-0.3, -0.25) is 9.98 Å². The maximum atomic E-state index is 5.15. The van der Waals surface area contributed by atoms with E-state index in [1.807, 2.05) is 49.8 Å². The van der Waals surface area contributed by atoms with Gasteiger partial charge >= 0.3 is 0 Å². The molecule has 0 spiro atoms. The topological polar surface area (TPSA) is 81.0 Å². The molecule has 8 heteroatoms. The average molecular weight is 619 g/mol. The van der Waals surface area contributed by atoms with E-state index in [2.05, 4.69) is 107 Å². The number of aromatic nitrogens is 2. The number of nitrogens with one attached hydrogen (secondary N) is 2. The van der Waals surface area contributed by atoms with Crippen molar-refractivity contribution >= 4 is 23.9 Å². The normalized spacial score (nSPS) is 11.8. The van der Waals surface area contributed by atoms with Gasteiger partial charge in [0.2, 0.25) is 0 Å². The highest BCUT2D eigenvalue weighted by atomic mass is 15.1. The summed E-state index contributed by atoms with van der Waals surface area (Å²) in [5, 5.41) is 6.89. The zero-order valence-electron chi connectivity index (χ0n) is 28.2. The Hall–Kier alpha value is -4.24. The Balaban J connectivity index is 1.59. The third-order valence-electron chi connectivity index (χ3n) is 7.52. The lowest BCUT2D eigenvalue weighted by atomic mass is 10.0. The number of rotatable bonds is 18. The van der Waals surface area contributed by atoms with Gasteiger partial charge < -0.3 is 20.4 Å². The van der Waals surface area contributed by atoms with E-state index >= 15 is 0 Å². The SMILES string of the molecule is CNCc1c(Nc2ccccc2)nc(-c2ccc(/C=N/CCCCN(C)C)cc2)nc1-c1ccc(/C=N\CCCCN(C)C)cc1. The highest BCUT2D eigenvalue weighted by Gasteiger charge is 2.17. The zero-order valence-corrected chi connectivity index (χ0v) is 28.2. The lowest BCUT2D eigenvalue weighted by Gasteiger charge is -2.17. The number of hydrogen-bond donors (Lipinski definition) is 2. The first-order valence-electron chi connectivity index (χ1n) is 16.3. The van der Waals surface area contributed by atoms with Gasteiger partial charge in [0, 0.05) is 54.4 Å². The molecule has 0 aliphatic carbocycles. The first-order chi connectivity index (χ1) is 22.4. The van der Waals surface area contributed by atoms with Gasteiger partial charge in [0.05, 0.1) is 5.69 Å². The summed E-state index contributed by atoms with van der Waals surface area (Å²) in [5.41, 5.74) is 7.02. The van der Waals surface area contributed by atoms with E-state index < -0.39 is 0 Å². The maximum absolute atomic E-state index is 5.15. The van der Waals surface area contributed by atoms with Crippen LogP contribution in [0.1, 0.15) is 42.4 Å².